The van der Waals surface area contributed by atoms with Gasteiger partial charge in [-0.2, -0.15) is 0 Å². The summed E-state index contributed by atoms with van der Waals surface area (Å²) in [6, 6.07) is 0. The number of rotatable bonds is 12. The molecule has 0 aliphatic rings. The second-order valence-electron chi connectivity index (χ2n) is 5.59. The molecule has 0 bridgehead atoms. The van der Waals surface area contributed by atoms with Crippen LogP contribution in [0.5, 0.6) is 0 Å². The van der Waals surface area contributed by atoms with Crippen LogP contribution in [0.25, 0.3) is 0 Å². The van der Waals surface area contributed by atoms with Crippen molar-refractivity contribution in [2.45, 2.75) is 78.6 Å². The molecule has 20 heavy (non-hydrogen) atoms. The van der Waals surface area contributed by atoms with Crippen molar-refractivity contribution < 1.29 is 14.7 Å². The van der Waals surface area contributed by atoms with E-state index >= 15 is 0 Å². The van der Waals surface area contributed by atoms with Crippen LogP contribution >= 0.6 is 0 Å². The molecule has 0 aromatic heterocycles. The molecule has 0 aliphatic heterocycles. The van der Waals surface area contributed by atoms with Crippen molar-refractivity contribution in [2.75, 3.05) is 6.54 Å². The average molecular weight is 285 g/mol. The molecule has 0 unspecified atom stereocenters. The fraction of sp³-hybridized carbons (Fsp3) is 0.875. The van der Waals surface area contributed by atoms with Crippen LogP contribution in [0.4, 0.5) is 0 Å². The summed E-state index contributed by atoms with van der Waals surface area (Å²) in [5.74, 6) is -0.998. The van der Waals surface area contributed by atoms with E-state index in [0.29, 0.717) is 19.4 Å². The maximum atomic E-state index is 11.8. The molecule has 4 heteroatoms. The fourth-order valence-electron chi connectivity index (χ4n) is 2.38. The largest absolute Gasteiger partial charge is 0.481 e. The number of carboxylic acid groups (broad SMARTS) is 1. The van der Waals surface area contributed by atoms with Gasteiger partial charge in [0.15, 0.2) is 0 Å². The minimum atomic E-state index is -0.898. The minimum Gasteiger partial charge on any atom is -0.481 e. The smallest absolute Gasteiger partial charge is 0.310 e. The quantitative estimate of drug-likeness (QED) is 0.537. The van der Waals surface area contributed by atoms with Crippen LogP contribution < -0.4 is 5.32 Å². The van der Waals surface area contributed by atoms with Gasteiger partial charge in [-0.3, -0.25) is 9.59 Å². The van der Waals surface area contributed by atoms with E-state index in [-0.39, 0.29) is 12.3 Å². The Bertz CT molecular complexity index is 285. The normalized spacial score (nSPS) is 11.3. The molecule has 0 saturated carbocycles. The number of carboxylic acids is 1. The number of unbranched alkanes of at least 4 members (excludes halogenated alkanes) is 5. The number of carbonyl (C=O) groups excluding carboxylic acids is 1. The Morgan fingerprint density at radius 2 is 1.50 bits per heavy atom. The lowest BCUT2D eigenvalue weighted by molar-refractivity contribution is -0.152. The summed E-state index contributed by atoms with van der Waals surface area (Å²) in [5.41, 5.74) is -0.898. The molecule has 4 nitrogen and oxygen atoms in total. The van der Waals surface area contributed by atoms with Crippen LogP contribution in [0.3, 0.4) is 0 Å². The van der Waals surface area contributed by atoms with Crippen LogP contribution in [0, 0.1) is 5.41 Å². The molecule has 2 N–H and O–H groups in total. The van der Waals surface area contributed by atoms with Gasteiger partial charge in [0.1, 0.15) is 0 Å². The molecule has 0 saturated heterocycles. The van der Waals surface area contributed by atoms with E-state index in [9.17, 15) is 14.7 Å². The van der Waals surface area contributed by atoms with Crippen molar-refractivity contribution in [3.05, 3.63) is 0 Å². The van der Waals surface area contributed by atoms with Crippen molar-refractivity contribution in [1.82, 2.24) is 5.32 Å². The summed E-state index contributed by atoms with van der Waals surface area (Å²) in [6.45, 7) is 6.52. The van der Waals surface area contributed by atoms with Crippen molar-refractivity contribution in [1.29, 1.82) is 0 Å². The van der Waals surface area contributed by atoms with Crippen molar-refractivity contribution in [3.8, 4) is 0 Å². The molecule has 118 valence electrons. The number of aliphatic carboxylic acids is 1. The van der Waals surface area contributed by atoms with Gasteiger partial charge in [-0.1, -0.05) is 52.9 Å². The van der Waals surface area contributed by atoms with Gasteiger partial charge >= 0.3 is 5.97 Å². The van der Waals surface area contributed by atoms with E-state index in [1.165, 1.54) is 25.7 Å². The Balaban J connectivity index is 3.89. The zero-order chi connectivity index (χ0) is 15.4. The fourth-order valence-corrected chi connectivity index (χ4v) is 2.38. The predicted octanol–water partition coefficient (Wildman–Crippen LogP) is 3.74. The monoisotopic (exact) mass is 285 g/mol. The molecule has 0 aliphatic carbocycles. The number of nitrogens with one attached hydrogen (secondary N) is 1. The SMILES string of the molecule is CCCCCCCCNC(=O)CC(CC)(CC)C(=O)O. The molecule has 0 heterocycles. The third-order valence-corrected chi connectivity index (χ3v) is 4.16. The van der Waals surface area contributed by atoms with Crippen molar-refractivity contribution >= 4 is 11.9 Å². The first kappa shape index (κ1) is 18.9. The summed E-state index contributed by atoms with van der Waals surface area (Å²) in [7, 11) is 0. The first-order valence-corrected chi connectivity index (χ1v) is 8.02. The topological polar surface area (TPSA) is 66.4 Å². The lowest BCUT2D eigenvalue weighted by Crippen LogP contribution is -2.37. The molecule has 1 amide bonds. The molecule has 0 atom stereocenters. The van der Waals surface area contributed by atoms with E-state index in [2.05, 4.69) is 12.2 Å². The Morgan fingerprint density at radius 1 is 0.950 bits per heavy atom. The van der Waals surface area contributed by atoms with Crippen LogP contribution in [0.1, 0.15) is 78.6 Å². The van der Waals surface area contributed by atoms with Gasteiger partial charge in [-0.15, -0.1) is 0 Å². The highest BCUT2D eigenvalue weighted by Crippen LogP contribution is 2.30. The van der Waals surface area contributed by atoms with Gasteiger partial charge in [0.2, 0.25) is 5.91 Å². The number of carbonyl (C=O) groups is 2. The molecule has 0 radical (unpaired) electrons. The van der Waals surface area contributed by atoms with Crippen LogP contribution in [-0.2, 0) is 9.59 Å². The first-order valence-electron chi connectivity index (χ1n) is 8.02. The van der Waals surface area contributed by atoms with Crippen LogP contribution in [0.15, 0.2) is 0 Å². The van der Waals surface area contributed by atoms with Gasteiger partial charge < -0.3 is 10.4 Å². The van der Waals surface area contributed by atoms with Crippen LogP contribution in [0.2, 0.25) is 0 Å². The second-order valence-corrected chi connectivity index (χ2v) is 5.59. The predicted molar refractivity (Wildman–Crippen MR) is 81.7 cm³/mol. The maximum absolute atomic E-state index is 11.8. The lowest BCUT2D eigenvalue weighted by Gasteiger charge is -2.25. The van der Waals surface area contributed by atoms with E-state index < -0.39 is 11.4 Å². The van der Waals surface area contributed by atoms with E-state index in [1.54, 1.807) is 0 Å². The van der Waals surface area contributed by atoms with Gasteiger partial charge in [0.25, 0.3) is 0 Å². The first-order chi connectivity index (χ1) is 9.52. The van der Waals surface area contributed by atoms with E-state index in [4.69, 9.17) is 0 Å². The highest BCUT2D eigenvalue weighted by molar-refractivity contribution is 5.84. The minimum absolute atomic E-state index is 0.0885. The number of amides is 1. The van der Waals surface area contributed by atoms with E-state index in [0.717, 1.165) is 12.8 Å². The Kier molecular flexibility index (Phi) is 10.1. The molecule has 0 aromatic rings. The third-order valence-electron chi connectivity index (χ3n) is 4.16. The Morgan fingerprint density at radius 3 is 2.00 bits per heavy atom. The summed E-state index contributed by atoms with van der Waals surface area (Å²) < 4.78 is 0. The third kappa shape index (κ3) is 6.92. The number of hydrogen-bond acceptors (Lipinski definition) is 2. The van der Waals surface area contributed by atoms with Gasteiger partial charge in [-0.25, -0.2) is 0 Å². The average Bonchev–Trinajstić information content (AvgIpc) is 2.43. The van der Waals surface area contributed by atoms with E-state index in [1.807, 2.05) is 13.8 Å². The second kappa shape index (κ2) is 10.7. The van der Waals surface area contributed by atoms with Gasteiger partial charge in [-0.05, 0) is 19.3 Å². The van der Waals surface area contributed by atoms with Crippen molar-refractivity contribution in [2.24, 2.45) is 5.41 Å². The molecule has 0 spiro atoms. The zero-order valence-electron chi connectivity index (χ0n) is 13.3. The molecular weight excluding hydrogens is 254 g/mol. The summed E-state index contributed by atoms with van der Waals surface area (Å²) >= 11 is 0. The lowest BCUT2D eigenvalue weighted by atomic mass is 9.79. The van der Waals surface area contributed by atoms with Gasteiger partial charge in [0.05, 0.1) is 5.41 Å². The molecular formula is C16H31NO3. The maximum Gasteiger partial charge on any atom is 0.310 e. The number of hydrogen-bond donors (Lipinski definition) is 2. The Labute approximate surface area is 123 Å². The van der Waals surface area contributed by atoms with Crippen molar-refractivity contribution in [3.63, 3.8) is 0 Å². The highest BCUT2D eigenvalue weighted by atomic mass is 16.4. The summed E-state index contributed by atoms with van der Waals surface area (Å²) in [6.07, 6.45) is 8.17. The molecule has 0 fully saturated rings. The standard InChI is InChI=1S/C16H31NO3/c1-4-7-8-9-10-11-12-17-14(18)13-16(5-2,6-3)15(19)20/h4-13H2,1-3H3,(H,17,18)(H,19,20). The molecule has 0 rings (SSSR count). The summed E-state index contributed by atoms with van der Waals surface area (Å²) in [5, 5.41) is 12.1. The molecule has 0 aromatic carbocycles. The zero-order valence-corrected chi connectivity index (χ0v) is 13.3. The van der Waals surface area contributed by atoms with Gasteiger partial charge in [0, 0.05) is 13.0 Å². The Hall–Kier alpha value is -1.06. The highest BCUT2D eigenvalue weighted by Gasteiger charge is 2.36. The summed E-state index contributed by atoms with van der Waals surface area (Å²) in [4.78, 5) is 23.2. The van der Waals surface area contributed by atoms with Crippen LogP contribution in [-0.4, -0.2) is 23.5 Å².